The van der Waals surface area contributed by atoms with Crippen LogP contribution in [0.15, 0.2) is 23.1 Å². The first-order valence-electron chi connectivity index (χ1n) is 5.02. The van der Waals surface area contributed by atoms with Gasteiger partial charge in [0, 0.05) is 25.4 Å². The Balaban J connectivity index is 3.27. The lowest BCUT2D eigenvalue weighted by atomic mass is 10.2. The van der Waals surface area contributed by atoms with Crippen molar-refractivity contribution < 1.29 is 13.2 Å². The number of sulfone groups is 1. The van der Waals surface area contributed by atoms with Crippen LogP contribution in [0.4, 0.5) is 0 Å². The van der Waals surface area contributed by atoms with Crippen LogP contribution in [0, 0.1) is 0 Å². The van der Waals surface area contributed by atoms with Crippen LogP contribution in [0.1, 0.15) is 17.3 Å². The van der Waals surface area contributed by atoms with Gasteiger partial charge in [-0.05, 0) is 25.1 Å². The maximum absolute atomic E-state index is 11.9. The molecule has 1 rings (SSSR count). The third kappa shape index (κ3) is 3.20. The van der Waals surface area contributed by atoms with Gasteiger partial charge in [0.1, 0.15) is 0 Å². The van der Waals surface area contributed by atoms with Crippen LogP contribution >= 0.6 is 11.6 Å². The molecule has 94 valence electrons. The van der Waals surface area contributed by atoms with E-state index >= 15 is 0 Å². The highest BCUT2D eigenvalue weighted by molar-refractivity contribution is 7.90. The summed E-state index contributed by atoms with van der Waals surface area (Å²) < 4.78 is 22.9. The predicted molar refractivity (Wildman–Crippen MR) is 67.2 cm³/mol. The minimum absolute atomic E-state index is 0.0190. The van der Waals surface area contributed by atoms with Crippen molar-refractivity contribution in [2.24, 2.45) is 0 Å². The SMILES string of the molecule is CCN(C)C(=O)c1ccc(Cl)c(S(C)(=O)=O)c1. The Kier molecular flexibility index (Phi) is 4.16. The summed E-state index contributed by atoms with van der Waals surface area (Å²) in [6.07, 6.45) is 1.06. The smallest absolute Gasteiger partial charge is 0.253 e. The predicted octanol–water partition coefficient (Wildman–Crippen LogP) is 1.84. The van der Waals surface area contributed by atoms with E-state index in [4.69, 9.17) is 11.6 Å². The highest BCUT2D eigenvalue weighted by Crippen LogP contribution is 2.23. The molecular weight excluding hydrogens is 262 g/mol. The molecule has 0 fully saturated rings. The van der Waals surface area contributed by atoms with E-state index in [-0.39, 0.29) is 15.8 Å². The van der Waals surface area contributed by atoms with E-state index < -0.39 is 9.84 Å². The number of carbonyl (C=O) groups excluding carboxylic acids is 1. The third-order valence-electron chi connectivity index (χ3n) is 2.40. The molecule has 0 aliphatic heterocycles. The van der Waals surface area contributed by atoms with Crippen molar-refractivity contribution >= 4 is 27.3 Å². The first-order chi connectivity index (χ1) is 7.77. The highest BCUT2D eigenvalue weighted by atomic mass is 35.5. The first-order valence-corrected chi connectivity index (χ1v) is 7.29. The Labute approximate surface area is 106 Å². The molecule has 1 amide bonds. The normalized spacial score (nSPS) is 11.3. The van der Waals surface area contributed by atoms with Crippen molar-refractivity contribution in [3.05, 3.63) is 28.8 Å². The molecular formula is C11H14ClNO3S. The molecule has 0 unspecified atom stereocenters. The number of benzene rings is 1. The molecule has 0 saturated heterocycles. The van der Waals surface area contributed by atoms with Crippen molar-refractivity contribution in [2.45, 2.75) is 11.8 Å². The quantitative estimate of drug-likeness (QED) is 0.846. The van der Waals surface area contributed by atoms with E-state index in [1.165, 1.54) is 23.1 Å². The molecule has 0 spiro atoms. The van der Waals surface area contributed by atoms with Crippen LogP contribution in [0.5, 0.6) is 0 Å². The molecule has 0 aliphatic carbocycles. The molecule has 1 aromatic carbocycles. The van der Waals surface area contributed by atoms with Crippen molar-refractivity contribution in [3.63, 3.8) is 0 Å². The van der Waals surface area contributed by atoms with Gasteiger partial charge in [-0.15, -0.1) is 0 Å². The summed E-state index contributed by atoms with van der Waals surface area (Å²) in [6, 6.07) is 4.26. The number of hydrogen-bond donors (Lipinski definition) is 0. The largest absolute Gasteiger partial charge is 0.342 e. The van der Waals surface area contributed by atoms with Gasteiger partial charge in [0.15, 0.2) is 9.84 Å². The van der Waals surface area contributed by atoms with Crippen LogP contribution in [0.25, 0.3) is 0 Å². The maximum atomic E-state index is 11.9. The number of rotatable bonds is 3. The second-order valence-electron chi connectivity index (χ2n) is 3.74. The van der Waals surface area contributed by atoms with E-state index in [1.807, 2.05) is 6.92 Å². The Morgan fingerprint density at radius 1 is 1.41 bits per heavy atom. The number of halogens is 1. The van der Waals surface area contributed by atoms with E-state index in [1.54, 1.807) is 7.05 Å². The topological polar surface area (TPSA) is 54.5 Å². The second kappa shape index (κ2) is 5.06. The lowest BCUT2D eigenvalue weighted by molar-refractivity contribution is 0.0802. The third-order valence-corrected chi connectivity index (χ3v) is 3.98. The summed E-state index contributed by atoms with van der Waals surface area (Å²) in [4.78, 5) is 13.3. The van der Waals surface area contributed by atoms with Crippen molar-refractivity contribution in [1.82, 2.24) is 4.90 Å². The lowest BCUT2D eigenvalue weighted by Gasteiger charge is -2.15. The zero-order valence-corrected chi connectivity index (χ0v) is 11.5. The van der Waals surface area contributed by atoms with Gasteiger partial charge >= 0.3 is 0 Å². The Morgan fingerprint density at radius 2 is 2.00 bits per heavy atom. The number of nitrogens with zero attached hydrogens (tertiary/aromatic N) is 1. The van der Waals surface area contributed by atoms with E-state index in [0.29, 0.717) is 12.1 Å². The van der Waals surface area contributed by atoms with Crippen molar-refractivity contribution in [1.29, 1.82) is 0 Å². The average Bonchev–Trinajstić information content (AvgIpc) is 2.26. The second-order valence-corrected chi connectivity index (χ2v) is 6.13. The molecule has 0 N–H and O–H groups in total. The molecule has 4 nitrogen and oxygen atoms in total. The fourth-order valence-electron chi connectivity index (χ4n) is 1.28. The van der Waals surface area contributed by atoms with E-state index in [0.717, 1.165) is 6.26 Å². The van der Waals surface area contributed by atoms with Crippen molar-refractivity contribution in [3.8, 4) is 0 Å². The van der Waals surface area contributed by atoms with Gasteiger partial charge in [-0.3, -0.25) is 4.79 Å². The molecule has 0 bridgehead atoms. The van der Waals surface area contributed by atoms with Gasteiger partial charge in [-0.2, -0.15) is 0 Å². The first kappa shape index (κ1) is 14.0. The zero-order chi connectivity index (χ0) is 13.2. The summed E-state index contributed by atoms with van der Waals surface area (Å²) >= 11 is 5.79. The zero-order valence-electron chi connectivity index (χ0n) is 9.90. The van der Waals surface area contributed by atoms with Gasteiger partial charge < -0.3 is 4.90 Å². The molecule has 0 heterocycles. The van der Waals surface area contributed by atoms with Crippen LogP contribution in [0.2, 0.25) is 5.02 Å². The van der Waals surface area contributed by atoms with Crippen LogP contribution in [-0.4, -0.2) is 39.1 Å². The van der Waals surface area contributed by atoms with Gasteiger partial charge in [0.25, 0.3) is 5.91 Å². The summed E-state index contributed by atoms with van der Waals surface area (Å²) in [7, 11) is -1.77. The number of hydrogen-bond acceptors (Lipinski definition) is 3. The van der Waals surface area contributed by atoms with Crippen LogP contribution in [-0.2, 0) is 9.84 Å². The molecule has 0 atom stereocenters. The Morgan fingerprint density at radius 3 is 2.47 bits per heavy atom. The fourth-order valence-corrected chi connectivity index (χ4v) is 2.59. The molecule has 0 saturated carbocycles. The number of amides is 1. The van der Waals surface area contributed by atoms with Gasteiger partial charge in [-0.1, -0.05) is 11.6 Å². The van der Waals surface area contributed by atoms with Crippen molar-refractivity contribution in [2.75, 3.05) is 19.8 Å². The van der Waals surface area contributed by atoms with Gasteiger partial charge in [0.05, 0.1) is 9.92 Å². The molecule has 17 heavy (non-hydrogen) atoms. The Bertz CT molecular complexity index is 540. The highest BCUT2D eigenvalue weighted by Gasteiger charge is 2.17. The maximum Gasteiger partial charge on any atom is 0.253 e. The molecule has 0 aliphatic rings. The van der Waals surface area contributed by atoms with E-state index in [2.05, 4.69) is 0 Å². The summed E-state index contributed by atoms with van der Waals surface area (Å²) in [5, 5.41) is 0.128. The summed E-state index contributed by atoms with van der Waals surface area (Å²) in [5.74, 6) is -0.228. The number of carbonyl (C=O) groups is 1. The minimum atomic E-state index is -3.42. The molecule has 6 heteroatoms. The lowest BCUT2D eigenvalue weighted by Crippen LogP contribution is -2.26. The van der Waals surface area contributed by atoms with Crippen LogP contribution in [0.3, 0.4) is 0 Å². The summed E-state index contributed by atoms with van der Waals surface area (Å²) in [6.45, 7) is 2.39. The molecule has 0 radical (unpaired) electrons. The monoisotopic (exact) mass is 275 g/mol. The minimum Gasteiger partial charge on any atom is -0.342 e. The van der Waals surface area contributed by atoms with Gasteiger partial charge in [0.2, 0.25) is 0 Å². The average molecular weight is 276 g/mol. The standard InChI is InChI=1S/C11H14ClNO3S/c1-4-13(2)11(14)8-5-6-9(12)10(7-8)17(3,15)16/h5-7H,4H2,1-3H3. The van der Waals surface area contributed by atoms with Crippen LogP contribution < -0.4 is 0 Å². The molecule has 1 aromatic rings. The van der Waals surface area contributed by atoms with E-state index in [9.17, 15) is 13.2 Å². The van der Waals surface area contributed by atoms with Gasteiger partial charge in [-0.25, -0.2) is 8.42 Å². The fraction of sp³-hybridized carbons (Fsp3) is 0.364. The summed E-state index contributed by atoms with van der Waals surface area (Å²) in [5.41, 5.74) is 0.319. The molecule has 0 aromatic heterocycles. The Hall–Kier alpha value is -1.07.